The second-order valence-corrected chi connectivity index (χ2v) is 7.52. The van der Waals surface area contributed by atoms with Gasteiger partial charge in [-0.2, -0.15) is 0 Å². The van der Waals surface area contributed by atoms with Gasteiger partial charge in [0.1, 0.15) is 5.75 Å². The molecule has 3 amide bonds. The number of ether oxygens (including phenoxy) is 1. The Morgan fingerprint density at radius 2 is 1.75 bits per heavy atom. The van der Waals surface area contributed by atoms with Crippen LogP contribution in [0.15, 0.2) is 18.2 Å². The van der Waals surface area contributed by atoms with Gasteiger partial charge in [-0.1, -0.05) is 42.5 Å². The highest BCUT2D eigenvalue weighted by molar-refractivity contribution is 6.35. The first kappa shape index (κ1) is 22.3. The summed E-state index contributed by atoms with van der Waals surface area (Å²) in [5.74, 6) is -0.433. The van der Waals surface area contributed by atoms with Gasteiger partial charge in [0.25, 0.3) is 5.91 Å². The first-order valence-corrected chi connectivity index (χ1v) is 10.1. The van der Waals surface area contributed by atoms with Crippen molar-refractivity contribution in [2.45, 2.75) is 44.9 Å². The molecule has 0 aliphatic heterocycles. The van der Waals surface area contributed by atoms with E-state index in [0.717, 1.165) is 32.1 Å². The molecule has 1 aliphatic rings. The van der Waals surface area contributed by atoms with Crippen molar-refractivity contribution >= 4 is 40.9 Å². The normalized spacial score (nSPS) is 14.2. The molecule has 0 aromatic heterocycles. The zero-order valence-electron chi connectivity index (χ0n) is 15.6. The second-order valence-electron chi connectivity index (χ2n) is 6.68. The molecule has 7 nitrogen and oxygen atoms in total. The Morgan fingerprint density at radius 1 is 1.04 bits per heavy atom. The minimum atomic E-state index is -0.471. The molecule has 154 valence electrons. The average Bonchev–Trinajstić information content (AvgIpc) is 2.69. The van der Waals surface area contributed by atoms with Crippen LogP contribution >= 0.6 is 23.2 Å². The van der Waals surface area contributed by atoms with Gasteiger partial charge in [-0.15, -0.1) is 0 Å². The zero-order valence-corrected chi connectivity index (χ0v) is 17.1. The van der Waals surface area contributed by atoms with Crippen molar-refractivity contribution in [1.82, 2.24) is 16.2 Å². The Bertz CT molecular complexity index is 694. The second kappa shape index (κ2) is 11.8. The van der Waals surface area contributed by atoms with Crippen molar-refractivity contribution < 1.29 is 19.1 Å². The highest BCUT2D eigenvalue weighted by Crippen LogP contribution is 2.27. The average molecular weight is 430 g/mol. The Kier molecular flexibility index (Phi) is 9.37. The summed E-state index contributed by atoms with van der Waals surface area (Å²) in [6.45, 7) is 0.133. The van der Waals surface area contributed by atoms with Crippen LogP contribution in [0.2, 0.25) is 10.0 Å². The Balaban J connectivity index is 1.55. The molecule has 0 radical (unpaired) electrons. The third kappa shape index (κ3) is 7.94. The van der Waals surface area contributed by atoms with Gasteiger partial charge in [0.05, 0.1) is 18.2 Å². The lowest BCUT2D eigenvalue weighted by atomic mass is 9.89. The third-order valence-electron chi connectivity index (χ3n) is 4.44. The summed E-state index contributed by atoms with van der Waals surface area (Å²) in [6.07, 6.45) is 5.61. The number of carbonyl (C=O) groups is 3. The summed E-state index contributed by atoms with van der Waals surface area (Å²) in [7, 11) is 0. The van der Waals surface area contributed by atoms with Gasteiger partial charge >= 0.3 is 0 Å². The Hall–Kier alpha value is -1.99. The smallest absolute Gasteiger partial charge is 0.257 e. The number of amides is 3. The Labute approximate surface area is 174 Å². The van der Waals surface area contributed by atoms with E-state index in [2.05, 4.69) is 16.2 Å². The number of rotatable bonds is 8. The van der Waals surface area contributed by atoms with E-state index in [0.29, 0.717) is 28.8 Å². The van der Waals surface area contributed by atoms with E-state index >= 15 is 0 Å². The number of hydrogen-bond donors (Lipinski definition) is 3. The number of benzene rings is 1. The molecule has 0 unspecified atom stereocenters. The lowest BCUT2D eigenvalue weighted by Gasteiger charge is -2.20. The molecule has 0 spiro atoms. The number of hydrogen-bond acceptors (Lipinski definition) is 4. The molecule has 0 heterocycles. The number of nitrogens with one attached hydrogen (secondary N) is 3. The monoisotopic (exact) mass is 429 g/mol. The molecule has 0 bridgehead atoms. The molecule has 3 N–H and O–H groups in total. The van der Waals surface area contributed by atoms with E-state index in [-0.39, 0.29) is 30.7 Å². The fraction of sp³-hybridized carbons (Fsp3) is 0.526. The van der Waals surface area contributed by atoms with Crippen molar-refractivity contribution in [3.8, 4) is 5.75 Å². The van der Waals surface area contributed by atoms with Crippen LogP contribution in [0.4, 0.5) is 0 Å². The summed E-state index contributed by atoms with van der Waals surface area (Å²) in [5.41, 5.74) is 4.60. The molecular formula is C19H25Cl2N3O4. The van der Waals surface area contributed by atoms with E-state index in [9.17, 15) is 14.4 Å². The molecule has 2 rings (SSSR count). The van der Waals surface area contributed by atoms with Crippen LogP contribution in [0.25, 0.3) is 0 Å². The SMILES string of the molecule is O=C(CCCOc1ccc(Cl)cc1Cl)NNC(=O)CNC(=O)C1CCCCC1. The lowest BCUT2D eigenvalue weighted by molar-refractivity contribution is -0.131. The predicted molar refractivity (Wildman–Crippen MR) is 107 cm³/mol. The molecule has 0 saturated heterocycles. The van der Waals surface area contributed by atoms with Gasteiger partial charge < -0.3 is 10.1 Å². The molecule has 1 saturated carbocycles. The van der Waals surface area contributed by atoms with Gasteiger partial charge in [0.2, 0.25) is 11.8 Å². The fourth-order valence-corrected chi connectivity index (χ4v) is 3.39. The van der Waals surface area contributed by atoms with Crippen molar-refractivity contribution in [1.29, 1.82) is 0 Å². The largest absolute Gasteiger partial charge is 0.492 e. The maximum atomic E-state index is 12.0. The number of halogens is 2. The van der Waals surface area contributed by atoms with Crippen molar-refractivity contribution in [3.63, 3.8) is 0 Å². The van der Waals surface area contributed by atoms with Gasteiger partial charge in [-0.25, -0.2) is 0 Å². The fourth-order valence-electron chi connectivity index (χ4n) is 2.93. The molecule has 1 aromatic rings. The molecular weight excluding hydrogens is 405 g/mol. The first-order chi connectivity index (χ1) is 13.5. The van der Waals surface area contributed by atoms with E-state index in [1.807, 2.05) is 0 Å². The Morgan fingerprint density at radius 3 is 2.46 bits per heavy atom. The number of hydrazine groups is 1. The van der Waals surface area contributed by atoms with Gasteiger partial charge in [-0.3, -0.25) is 25.2 Å². The highest BCUT2D eigenvalue weighted by atomic mass is 35.5. The quantitative estimate of drug-likeness (QED) is 0.437. The maximum Gasteiger partial charge on any atom is 0.257 e. The van der Waals surface area contributed by atoms with Gasteiger partial charge in [-0.05, 0) is 37.5 Å². The van der Waals surface area contributed by atoms with Crippen LogP contribution in [0.3, 0.4) is 0 Å². The van der Waals surface area contributed by atoms with Gasteiger partial charge in [0.15, 0.2) is 0 Å². The molecule has 0 atom stereocenters. The summed E-state index contributed by atoms with van der Waals surface area (Å²) < 4.78 is 5.48. The van der Waals surface area contributed by atoms with Crippen LogP contribution in [0.5, 0.6) is 5.75 Å². The minimum absolute atomic E-state index is 0.00900. The lowest BCUT2D eigenvalue weighted by Crippen LogP contribution is -2.47. The van der Waals surface area contributed by atoms with E-state index < -0.39 is 5.91 Å². The van der Waals surface area contributed by atoms with Crippen molar-refractivity contribution in [2.24, 2.45) is 5.92 Å². The van der Waals surface area contributed by atoms with E-state index in [1.54, 1.807) is 18.2 Å². The first-order valence-electron chi connectivity index (χ1n) is 9.39. The van der Waals surface area contributed by atoms with Crippen LogP contribution in [-0.2, 0) is 14.4 Å². The standard InChI is InChI=1S/C19H25Cl2N3O4/c20-14-8-9-16(15(21)11-14)28-10-4-7-17(25)23-24-18(26)12-22-19(27)13-5-2-1-3-6-13/h8-9,11,13H,1-7,10,12H2,(H,22,27)(H,23,25)(H,24,26). The van der Waals surface area contributed by atoms with Crippen LogP contribution < -0.4 is 20.9 Å². The van der Waals surface area contributed by atoms with E-state index in [1.165, 1.54) is 0 Å². The molecule has 28 heavy (non-hydrogen) atoms. The summed E-state index contributed by atoms with van der Waals surface area (Å²) in [5, 5.41) is 3.53. The molecule has 9 heteroatoms. The third-order valence-corrected chi connectivity index (χ3v) is 4.97. The molecule has 1 aromatic carbocycles. The maximum absolute atomic E-state index is 12.0. The summed E-state index contributed by atoms with van der Waals surface area (Å²) in [6, 6.07) is 4.90. The van der Waals surface area contributed by atoms with Crippen molar-refractivity contribution in [2.75, 3.05) is 13.2 Å². The number of carbonyl (C=O) groups excluding carboxylic acids is 3. The van der Waals surface area contributed by atoms with Crippen LogP contribution in [0, 0.1) is 5.92 Å². The van der Waals surface area contributed by atoms with Crippen LogP contribution in [0.1, 0.15) is 44.9 Å². The van der Waals surface area contributed by atoms with E-state index in [4.69, 9.17) is 27.9 Å². The summed E-state index contributed by atoms with van der Waals surface area (Å²) >= 11 is 11.8. The van der Waals surface area contributed by atoms with Gasteiger partial charge in [0, 0.05) is 17.4 Å². The van der Waals surface area contributed by atoms with Crippen molar-refractivity contribution in [3.05, 3.63) is 28.2 Å². The summed E-state index contributed by atoms with van der Waals surface area (Å²) in [4.78, 5) is 35.4. The topological polar surface area (TPSA) is 96.5 Å². The predicted octanol–water partition coefficient (Wildman–Crippen LogP) is 3.00. The minimum Gasteiger partial charge on any atom is -0.492 e. The highest BCUT2D eigenvalue weighted by Gasteiger charge is 2.21. The zero-order chi connectivity index (χ0) is 20.4. The molecule has 1 aliphatic carbocycles. The molecule has 1 fully saturated rings. The van der Waals surface area contributed by atoms with Crippen LogP contribution in [-0.4, -0.2) is 30.9 Å².